The first-order valence-corrected chi connectivity index (χ1v) is 9.74. The monoisotopic (exact) mass is 496 g/mol. The van der Waals surface area contributed by atoms with Gasteiger partial charge in [0.1, 0.15) is 5.82 Å². The summed E-state index contributed by atoms with van der Waals surface area (Å²) in [5.41, 5.74) is 1.59. The van der Waals surface area contributed by atoms with Crippen molar-refractivity contribution in [2.45, 2.75) is 11.8 Å². The number of rotatable bonds is 5. The normalized spacial score (nSPS) is 11.7. The van der Waals surface area contributed by atoms with E-state index in [-0.39, 0.29) is 11.2 Å². The smallest absolute Gasteiger partial charge is 0.126 e. The molecular weight excluding hydrogens is 486 g/mol. The van der Waals surface area contributed by atoms with Crippen LogP contribution in [0.25, 0.3) is 0 Å². The average Bonchev–Trinajstić information content (AvgIpc) is 2.49. The van der Waals surface area contributed by atoms with E-state index in [1.165, 1.54) is 6.07 Å². The van der Waals surface area contributed by atoms with Gasteiger partial charge in [0.25, 0.3) is 0 Å². The first-order chi connectivity index (χ1) is 10.0. The van der Waals surface area contributed by atoms with Gasteiger partial charge < -0.3 is 0 Å². The SMILES string of the molecule is Fc1ccc(Br)cc1CC(CBr)(CBr)c1ccc(Cl)cc1. The fraction of sp³-hybridized carbons (Fsp3) is 0.250. The van der Waals surface area contributed by atoms with Crippen LogP contribution in [0.2, 0.25) is 5.02 Å². The van der Waals surface area contributed by atoms with E-state index in [1.54, 1.807) is 6.07 Å². The molecule has 0 saturated heterocycles. The Bertz CT molecular complexity index is 609. The van der Waals surface area contributed by atoms with Crippen LogP contribution >= 0.6 is 59.4 Å². The molecule has 112 valence electrons. The zero-order valence-corrected chi connectivity index (χ0v) is 16.6. The Morgan fingerprint density at radius 2 is 1.62 bits per heavy atom. The van der Waals surface area contributed by atoms with Crippen molar-refractivity contribution in [3.05, 3.63) is 68.9 Å². The molecule has 5 heteroatoms. The van der Waals surface area contributed by atoms with Gasteiger partial charge in [-0.3, -0.25) is 0 Å². The molecule has 0 aliphatic rings. The van der Waals surface area contributed by atoms with Gasteiger partial charge in [0, 0.05) is 25.6 Å². The second-order valence-corrected chi connectivity index (χ2v) is 7.44. The molecule has 0 N–H and O–H groups in total. The largest absolute Gasteiger partial charge is 0.207 e. The minimum atomic E-state index is -0.230. The number of alkyl halides is 2. The fourth-order valence-corrected chi connectivity index (χ4v) is 4.74. The molecule has 2 rings (SSSR count). The number of hydrogen-bond acceptors (Lipinski definition) is 0. The van der Waals surface area contributed by atoms with E-state index in [2.05, 4.69) is 47.8 Å². The molecule has 0 heterocycles. The minimum absolute atomic E-state index is 0.182. The third-order valence-electron chi connectivity index (χ3n) is 3.50. The second kappa shape index (κ2) is 7.58. The molecule has 21 heavy (non-hydrogen) atoms. The molecule has 0 radical (unpaired) electrons. The summed E-state index contributed by atoms with van der Waals surface area (Å²) in [5, 5.41) is 2.14. The van der Waals surface area contributed by atoms with Crippen LogP contribution < -0.4 is 0 Å². The lowest BCUT2D eigenvalue weighted by Gasteiger charge is -2.31. The van der Waals surface area contributed by atoms with Gasteiger partial charge in [-0.25, -0.2) is 4.39 Å². The van der Waals surface area contributed by atoms with E-state index < -0.39 is 0 Å². The van der Waals surface area contributed by atoms with Gasteiger partial charge in [-0.15, -0.1) is 0 Å². The summed E-state index contributed by atoms with van der Waals surface area (Å²) in [4.78, 5) is 0. The first-order valence-electron chi connectivity index (χ1n) is 6.33. The molecule has 0 spiro atoms. The molecule has 2 aromatic rings. The Balaban J connectivity index is 2.42. The highest BCUT2D eigenvalue weighted by Crippen LogP contribution is 2.34. The van der Waals surface area contributed by atoms with E-state index in [0.717, 1.165) is 20.7 Å². The van der Waals surface area contributed by atoms with Gasteiger partial charge in [0.15, 0.2) is 0 Å². The zero-order valence-electron chi connectivity index (χ0n) is 11.1. The van der Waals surface area contributed by atoms with Crippen molar-refractivity contribution >= 4 is 59.4 Å². The zero-order chi connectivity index (χ0) is 15.5. The Morgan fingerprint density at radius 1 is 1.00 bits per heavy atom. The molecular formula is C16H13Br3ClF. The Labute approximate surface area is 154 Å². The van der Waals surface area contributed by atoms with Crippen LogP contribution in [0.4, 0.5) is 4.39 Å². The van der Waals surface area contributed by atoms with Crippen molar-refractivity contribution in [1.82, 2.24) is 0 Å². The predicted octanol–water partition coefficient (Wildman–Crippen LogP) is 6.51. The first kappa shape index (κ1) is 17.5. The summed E-state index contributed by atoms with van der Waals surface area (Å²) in [7, 11) is 0. The van der Waals surface area contributed by atoms with Crippen LogP contribution in [0.5, 0.6) is 0 Å². The second-order valence-electron chi connectivity index (χ2n) is 4.97. The molecule has 0 bridgehead atoms. The highest BCUT2D eigenvalue weighted by atomic mass is 79.9. The van der Waals surface area contributed by atoms with Crippen molar-refractivity contribution in [1.29, 1.82) is 0 Å². The Morgan fingerprint density at radius 3 is 2.19 bits per heavy atom. The van der Waals surface area contributed by atoms with Gasteiger partial charge in [-0.1, -0.05) is 71.5 Å². The van der Waals surface area contributed by atoms with Crippen LogP contribution in [0.3, 0.4) is 0 Å². The summed E-state index contributed by atoms with van der Waals surface area (Å²) in [6, 6.07) is 12.8. The molecule has 0 saturated carbocycles. The molecule has 0 fully saturated rings. The molecule has 0 aromatic heterocycles. The van der Waals surface area contributed by atoms with Crippen LogP contribution in [0.1, 0.15) is 11.1 Å². The van der Waals surface area contributed by atoms with Gasteiger partial charge in [0.05, 0.1) is 0 Å². The Hall–Kier alpha value is 0.1000. The topological polar surface area (TPSA) is 0 Å². The van der Waals surface area contributed by atoms with Crippen molar-refractivity contribution < 1.29 is 4.39 Å². The van der Waals surface area contributed by atoms with Gasteiger partial charge >= 0.3 is 0 Å². The highest BCUT2D eigenvalue weighted by molar-refractivity contribution is 9.10. The fourth-order valence-electron chi connectivity index (χ4n) is 2.23. The van der Waals surface area contributed by atoms with Crippen LogP contribution in [-0.2, 0) is 11.8 Å². The van der Waals surface area contributed by atoms with Gasteiger partial charge in [-0.2, -0.15) is 0 Å². The molecule has 0 aliphatic heterocycles. The summed E-state index contributed by atoms with van der Waals surface area (Å²) in [5.74, 6) is -0.182. The lowest BCUT2D eigenvalue weighted by molar-refractivity contribution is 0.522. The van der Waals surface area contributed by atoms with Crippen LogP contribution in [-0.4, -0.2) is 10.7 Å². The number of benzene rings is 2. The third kappa shape index (κ3) is 4.10. The van der Waals surface area contributed by atoms with Crippen molar-refractivity contribution in [3.8, 4) is 0 Å². The van der Waals surface area contributed by atoms with Crippen LogP contribution in [0, 0.1) is 5.82 Å². The standard InChI is InChI=1S/C16H13Br3ClF/c17-9-16(10-18,12-1-4-14(20)5-2-12)8-11-7-13(19)3-6-15(11)21/h1-7H,8-10H2. The number of halogens is 5. The van der Waals surface area contributed by atoms with E-state index in [9.17, 15) is 4.39 Å². The van der Waals surface area contributed by atoms with E-state index in [1.807, 2.05) is 30.3 Å². The molecule has 0 unspecified atom stereocenters. The third-order valence-corrected chi connectivity index (χ3v) is 6.40. The maximum absolute atomic E-state index is 14.1. The minimum Gasteiger partial charge on any atom is -0.207 e. The average molecular weight is 499 g/mol. The lowest BCUT2D eigenvalue weighted by Crippen LogP contribution is -2.33. The van der Waals surface area contributed by atoms with Crippen molar-refractivity contribution in [3.63, 3.8) is 0 Å². The highest BCUT2D eigenvalue weighted by Gasteiger charge is 2.31. The quantitative estimate of drug-likeness (QED) is 0.412. The summed E-state index contributed by atoms with van der Waals surface area (Å²) in [6.45, 7) is 0. The molecule has 0 atom stereocenters. The maximum atomic E-state index is 14.1. The van der Waals surface area contributed by atoms with E-state index in [0.29, 0.717) is 17.0 Å². The van der Waals surface area contributed by atoms with E-state index >= 15 is 0 Å². The predicted molar refractivity (Wildman–Crippen MR) is 98.5 cm³/mol. The molecule has 0 amide bonds. The molecule has 2 aromatic carbocycles. The van der Waals surface area contributed by atoms with Gasteiger partial charge in [-0.05, 0) is 47.9 Å². The van der Waals surface area contributed by atoms with Gasteiger partial charge in [0.2, 0.25) is 0 Å². The molecule has 0 aliphatic carbocycles. The van der Waals surface area contributed by atoms with Crippen molar-refractivity contribution in [2.24, 2.45) is 0 Å². The van der Waals surface area contributed by atoms with Crippen molar-refractivity contribution in [2.75, 3.05) is 10.7 Å². The van der Waals surface area contributed by atoms with Crippen LogP contribution in [0.15, 0.2) is 46.9 Å². The maximum Gasteiger partial charge on any atom is 0.126 e. The summed E-state index contributed by atoms with van der Waals surface area (Å²) < 4.78 is 15.0. The van der Waals surface area contributed by atoms with E-state index in [4.69, 9.17) is 11.6 Å². The summed E-state index contributed by atoms with van der Waals surface area (Å²) >= 11 is 16.6. The summed E-state index contributed by atoms with van der Waals surface area (Å²) in [6.07, 6.45) is 0.594. The Kier molecular flexibility index (Phi) is 6.30. The lowest BCUT2D eigenvalue weighted by atomic mass is 9.79. The molecule has 0 nitrogen and oxygen atoms in total. The number of hydrogen-bond donors (Lipinski definition) is 0.